The molecule has 0 aliphatic carbocycles. The van der Waals surface area contributed by atoms with Crippen LogP contribution in [0, 0.1) is 0 Å². The Hall–Kier alpha value is -2.43. The third kappa shape index (κ3) is 4.50. The molecule has 30 heavy (non-hydrogen) atoms. The quantitative estimate of drug-likeness (QED) is 0.554. The number of piperidine rings is 1. The Morgan fingerprint density at radius 2 is 1.87 bits per heavy atom. The molecule has 0 bridgehead atoms. The van der Waals surface area contributed by atoms with Gasteiger partial charge in [-0.25, -0.2) is 26.8 Å². The number of rotatable bonds is 7. The maximum atomic E-state index is 13.1. The van der Waals surface area contributed by atoms with Gasteiger partial charge in [0.1, 0.15) is 23.2 Å². The third-order valence-corrected chi connectivity index (χ3v) is 7.35. The van der Waals surface area contributed by atoms with Gasteiger partial charge >= 0.3 is 5.69 Å². The number of nitrogens with zero attached hydrogens (tertiary/aromatic N) is 4. The number of para-hydroxylation sites is 1. The topological polar surface area (TPSA) is 86.4 Å². The Bertz CT molecular complexity index is 1130. The molecule has 0 amide bonds. The molecule has 1 fully saturated rings. The third-order valence-electron chi connectivity index (χ3n) is 5.19. The summed E-state index contributed by atoms with van der Waals surface area (Å²) in [4.78, 5) is 13.1. The van der Waals surface area contributed by atoms with Gasteiger partial charge in [-0.1, -0.05) is 18.2 Å². The van der Waals surface area contributed by atoms with Gasteiger partial charge in [0, 0.05) is 19.0 Å². The standard InChI is InChI=1S/C20H24N4O4S2/c1-30(26,27)22-11-9-16(10-12-22)19-21-23(13-14-28-17-6-3-2-4-7-17)20(25)24(19)18-8-5-15-29-18/h2-8,15-16H,9-14H2,1H3. The summed E-state index contributed by atoms with van der Waals surface area (Å²) in [6, 6.07) is 13.2. The lowest BCUT2D eigenvalue weighted by Crippen LogP contribution is -2.37. The van der Waals surface area contributed by atoms with Crippen molar-refractivity contribution in [3.63, 3.8) is 0 Å². The van der Waals surface area contributed by atoms with Crippen LogP contribution in [-0.2, 0) is 16.6 Å². The minimum Gasteiger partial charge on any atom is -0.492 e. The van der Waals surface area contributed by atoms with Crippen LogP contribution >= 0.6 is 11.3 Å². The zero-order valence-corrected chi connectivity index (χ0v) is 18.3. The summed E-state index contributed by atoms with van der Waals surface area (Å²) < 4.78 is 33.9. The minimum absolute atomic E-state index is 0.0223. The van der Waals surface area contributed by atoms with Gasteiger partial charge in [0.05, 0.1) is 12.8 Å². The number of ether oxygens (including phenoxy) is 1. The van der Waals surface area contributed by atoms with E-state index in [4.69, 9.17) is 4.74 Å². The second-order valence-corrected chi connectivity index (χ2v) is 10.2. The lowest BCUT2D eigenvalue weighted by atomic mass is 9.97. The van der Waals surface area contributed by atoms with Crippen molar-refractivity contribution in [3.8, 4) is 10.8 Å². The highest BCUT2D eigenvalue weighted by Crippen LogP contribution is 2.29. The predicted molar refractivity (Wildman–Crippen MR) is 116 cm³/mol. The molecule has 1 aliphatic heterocycles. The fourth-order valence-electron chi connectivity index (χ4n) is 3.65. The molecule has 8 nitrogen and oxygen atoms in total. The van der Waals surface area contributed by atoms with Gasteiger partial charge in [0.2, 0.25) is 10.0 Å². The SMILES string of the molecule is CS(=O)(=O)N1CCC(c2nn(CCOc3ccccc3)c(=O)n2-c2cccs2)CC1. The van der Waals surface area contributed by atoms with Crippen molar-refractivity contribution in [2.24, 2.45) is 0 Å². The van der Waals surface area contributed by atoms with E-state index in [9.17, 15) is 13.2 Å². The van der Waals surface area contributed by atoms with Crippen molar-refractivity contribution < 1.29 is 13.2 Å². The van der Waals surface area contributed by atoms with Crippen molar-refractivity contribution >= 4 is 21.4 Å². The molecule has 1 aromatic carbocycles. The normalized spacial score (nSPS) is 16.0. The van der Waals surface area contributed by atoms with Crippen molar-refractivity contribution in [2.45, 2.75) is 25.3 Å². The number of hydrogen-bond donors (Lipinski definition) is 0. The summed E-state index contributed by atoms with van der Waals surface area (Å²) in [5, 5.41) is 7.37. The number of thiophene rings is 1. The molecule has 3 heterocycles. The molecule has 0 saturated carbocycles. The van der Waals surface area contributed by atoms with Gasteiger partial charge < -0.3 is 4.74 Å². The van der Waals surface area contributed by atoms with Gasteiger partial charge in [0.25, 0.3) is 0 Å². The molecular formula is C20H24N4O4S2. The summed E-state index contributed by atoms with van der Waals surface area (Å²) in [5.74, 6) is 1.46. The Morgan fingerprint density at radius 3 is 2.50 bits per heavy atom. The second kappa shape index (κ2) is 8.75. The van der Waals surface area contributed by atoms with E-state index >= 15 is 0 Å². The smallest absolute Gasteiger partial charge is 0.351 e. The minimum atomic E-state index is -3.20. The molecule has 0 atom stereocenters. The van der Waals surface area contributed by atoms with E-state index in [1.807, 2.05) is 47.8 Å². The van der Waals surface area contributed by atoms with E-state index in [2.05, 4.69) is 5.10 Å². The van der Waals surface area contributed by atoms with E-state index in [0.29, 0.717) is 44.9 Å². The van der Waals surface area contributed by atoms with Crippen molar-refractivity contribution in [1.29, 1.82) is 0 Å². The lowest BCUT2D eigenvalue weighted by Gasteiger charge is -2.29. The molecular weight excluding hydrogens is 424 g/mol. The number of hydrogen-bond acceptors (Lipinski definition) is 6. The van der Waals surface area contributed by atoms with Crippen LogP contribution in [0.15, 0.2) is 52.6 Å². The molecule has 3 aromatic rings. The van der Waals surface area contributed by atoms with Crippen molar-refractivity contribution in [1.82, 2.24) is 18.7 Å². The molecule has 0 unspecified atom stereocenters. The second-order valence-electron chi connectivity index (χ2n) is 7.25. The maximum absolute atomic E-state index is 13.1. The fraction of sp³-hybridized carbons (Fsp3) is 0.400. The zero-order valence-electron chi connectivity index (χ0n) is 16.7. The number of sulfonamides is 1. The van der Waals surface area contributed by atoms with E-state index in [1.165, 1.54) is 26.6 Å². The molecule has 1 saturated heterocycles. The molecule has 1 aliphatic rings. The number of benzene rings is 1. The highest BCUT2D eigenvalue weighted by molar-refractivity contribution is 7.88. The summed E-state index contributed by atoms with van der Waals surface area (Å²) in [6.07, 6.45) is 2.50. The highest BCUT2D eigenvalue weighted by atomic mass is 32.2. The van der Waals surface area contributed by atoms with E-state index < -0.39 is 10.0 Å². The number of aromatic nitrogens is 3. The van der Waals surface area contributed by atoms with Gasteiger partial charge in [0.15, 0.2) is 0 Å². The van der Waals surface area contributed by atoms with Gasteiger partial charge in [-0.3, -0.25) is 0 Å². The Labute approximate surface area is 179 Å². The van der Waals surface area contributed by atoms with Crippen LogP contribution in [-0.4, -0.2) is 53.0 Å². The molecule has 2 aromatic heterocycles. The maximum Gasteiger partial charge on any atom is 0.351 e. The van der Waals surface area contributed by atoms with E-state index in [1.54, 1.807) is 4.57 Å². The lowest BCUT2D eigenvalue weighted by molar-refractivity contribution is 0.286. The van der Waals surface area contributed by atoms with Crippen LogP contribution in [0.3, 0.4) is 0 Å². The highest BCUT2D eigenvalue weighted by Gasteiger charge is 2.30. The first kappa shape index (κ1) is 20.8. The molecule has 160 valence electrons. The first-order chi connectivity index (χ1) is 14.4. The van der Waals surface area contributed by atoms with Gasteiger partial charge in [-0.15, -0.1) is 11.3 Å². The van der Waals surface area contributed by atoms with E-state index in [-0.39, 0.29) is 11.6 Å². The Morgan fingerprint density at radius 1 is 1.13 bits per heavy atom. The molecule has 10 heteroatoms. The molecule has 0 radical (unpaired) electrons. The van der Waals surface area contributed by atoms with Crippen LogP contribution in [0.25, 0.3) is 5.00 Å². The summed E-state index contributed by atoms with van der Waals surface area (Å²) in [6.45, 7) is 1.54. The largest absolute Gasteiger partial charge is 0.492 e. The van der Waals surface area contributed by atoms with Crippen LogP contribution in [0.5, 0.6) is 5.75 Å². The molecule has 0 spiro atoms. The van der Waals surface area contributed by atoms with Gasteiger partial charge in [-0.05, 0) is 42.5 Å². The van der Waals surface area contributed by atoms with Gasteiger partial charge in [-0.2, -0.15) is 5.10 Å². The van der Waals surface area contributed by atoms with Crippen molar-refractivity contribution in [2.75, 3.05) is 26.0 Å². The molecule has 4 rings (SSSR count). The van der Waals surface area contributed by atoms with E-state index in [0.717, 1.165) is 10.8 Å². The van der Waals surface area contributed by atoms with Crippen molar-refractivity contribution in [3.05, 3.63) is 64.2 Å². The first-order valence-corrected chi connectivity index (χ1v) is 12.5. The average Bonchev–Trinajstić information content (AvgIpc) is 3.36. The average molecular weight is 449 g/mol. The zero-order chi connectivity index (χ0) is 21.1. The Kier molecular flexibility index (Phi) is 6.07. The summed E-state index contributed by atoms with van der Waals surface area (Å²) in [5.41, 5.74) is -0.199. The van der Waals surface area contributed by atoms with Crippen LogP contribution < -0.4 is 10.4 Å². The summed E-state index contributed by atoms with van der Waals surface area (Å²) >= 11 is 1.48. The Balaban J connectivity index is 1.55. The first-order valence-electron chi connectivity index (χ1n) is 9.80. The van der Waals surface area contributed by atoms with Crippen LogP contribution in [0.4, 0.5) is 0 Å². The van der Waals surface area contributed by atoms with Crippen LogP contribution in [0.2, 0.25) is 0 Å². The summed E-state index contributed by atoms with van der Waals surface area (Å²) in [7, 11) is -3.20. The monoisotopic (exact) mass is 448 g/mol. The molecule has 0 N–H and O–H groups in total. The predicted octanol–water partition coefficient (Wildman–Crippen LogP) is 2.31. The van der Waals surface area contributed by atoms with Crippen LogP contribution in [0.1, 0.15) is 24.6 Å². The fourth-order valence-corrected chi connectivity index (χ4v) is 5.26.